The van der Waals surface area contributed by atoms with Crippen molar-refractivity contribution in [2.75, 3.05) is 7.11 Å². The number of ketones is 1. The van der Waals surface area contributed by atoms with Crippen molar-refractivity contribution >= 4 is 39.3 Å². The predicted octanol–water partition coefficient (Wildman–Crippen LogP) is 2.52. The topological polar surface area (TPSA) is 63.6 Å². The lowest BCUT2D eigenvalue weighted by Gasteiger charge is -2.07. The number of methoxy groups -OCH3 is 1. The standard InChI is InChI=1S/C10H8BrClO4/c1-16-4-6-7(11)2-5(3-8(6)12)9(13)10(14)15/h2-3H,4H2,1H3,(H,14,15). The fourth-order valence-electron chi connectivity index (χ4n) is 1.14. The van der Waals surface area contributed by atoms with Crippen LogP contribution in [-0.4, -0.2) is 24.0 Å². The number of Topliss-reactive ketones (excluding diaryl/α,β-unsaturated/α-hetero) is 1. The molecule has 1 rings (SSSR count). The average Bonchev–Trinajstić information content (AvgIpc) is 2.21. The second-order valence-electron chi connectivity index (χ2n) is 2.99. The van der Waals surface area contributed by atoms with Gasteiger partial charge in [-0.25, -0.2) is 4.79 Å². The zero-order chi connectivity index (χ0) is 12.3. The van der Waals surface area contributed by atoms with Gasteiger partial charge in [0.05, 0.1) is 6.61 Å². The van der Waals surface area contributed by atoms with Gasteiger partial charge in [0, 0.05) is 27.7 Å². The van der Waals surface area contributed by atoms with E-state index in [1.54, 1.807) is 0 Å². The Morgan fingerprint density at radius 1 is 1.50 bits per heavy atom. The van der Waals surface area contributed by atoms with E-state index in [2.05, 4.69) is 15.9 Å². The van der Waals surface area contributed by atoms with Crippen molar-refractivity contribution in [2.24, 2.45) is 0 Å². The molecule has 0 aliphatic heterocycles. The molecular weight excluding hydrogens is 299 g/mol. The molecule has 0 radical (unpaired) electrons. The monoisotopic (exact) mass is 306 g/mol. The minimum absolute atomic E-state index is 0.0317. The van der Waals surface area contributed by atoms with Gasteiger partial charge in [0.25, 0.3) is 5.78 Å². The molecule has 1 aromatic rings. The second kappa shape index (κ2) is 5.43. The molecular formula is C10H8BrClO4. The summed E-state index contributed by atoms with van der Waals surface area (Å²) in [6, 6.07) is 2.73. The molecule has 0 aliphatic rings. The van der Waals surface area contributed by atoms with Crippen molar-refractivity contribution in [3.8, 4) is 0 Å². The van der Waals surface area contributed by atoms with E-state index >= 15 is 0 Å². The number of hydrogen-bond donors (Lipinski definition) is 1. The highest BCUT2D eigenvalue weighted by atomic mass is 79.9. The summed E-state index contributed by atoms with van der Waals surface area (Å²) in [5, 5.41) is 8.85. The minimum Gasteiger partial charge on any atom is -0.475 e. The van der Waals surface area contributed by atoms with Crippen molar-refractivity contribution in [2.45, 2.75) is 6.61 Å². The van der Waals surface area contributed by atoms with E-state index < -0.39 is 11.8 Å². The average molecular weight is 308 g/mol. The summed E-state index contributed by atoms with van der Waals surface area (Å²) < 4.78 is 5.47. The first kappa shape index (κ1) is 13.2. The van der Waals surface area contributed by atoms with E-state index in [1.165, 1.54) is 19.2 Å². The van der Waals surface area contributed by atoms with E-state index in [0.717, 1.165) is 0 Å². The quantitative estimate of drug-likeness (QED) is 0.686. The first-order valence-corrected chi connectivity index (χ1v) is 5.39. The lowest BCUT2D eigenvalue weighted by molar-refractivity contribution is -0.131. The number of carbonyl (C=O) groups excluding carboxylic acids is 1. The highest BCUT2D eigenvalue weighted by Gasteiger charge is 2.17. The molecule has 0 aliphatic carbocycles. The molecule has 0 aromatic heterocycles. The zero-order valence-corrected chi connectivity index (χ0v) is 10.6. The van der Waals surface area contributed by atoms with E-state index in [1.807, 2.05) is 0 Å². The Hall–Kier alpha value is -0.910. The maximum absolute atomic E-state index is 11.2. The summed E-state index contributed by atoms with van der Waals surface area (Å²) in [7, 11) is 1.51. The Kier molecular flexibility index (Phi) is 4.46. The fraction of sp³-hybridized carbons (Fsp3) is 0.200. The smallest absolute Gasteiger partial charge is 0.377 e. The van der Waals surface area contributed by atoms with Crippen molar-refractivity contribution < 1.29 is 19.4 Å². The molecule has 6 heteroatoms. The van der Waals surface area contributed by atoms with Crippen molar-refractivity contribution in [1.29, 1.82) is 0 Å². The van der Waals surface area contributed by atoms with Gasteiger partial charge >= 0.3 is 5.97 Å². The number of hydrogen-bond acceptors (Lipinski definition) is 3. The van der Waals surface area contributed by atoms with E-state index in [9.17, 15) is 9.59 Å². The molecule has 0 spiro atoms. The molecule has 0 atom stereocenters. The van der Waals surface area contributed by atoms with E-state index in [4.69, 9.17) is 21.4 Å². The molecule has 0 saturated heterocycles. The first-order chi connectivity index (χ1) is 7.47. The summed E-state index contributed by atoms with van der Waals surface area (Å²) in [5.41, 5.74) is 0.704. The van der Waals surface area contributed by atoms with Gasteiger partial charge in [-0.1, -0.05) is 27.5 Å². The molecule has 1 aromatic carbocycles. The highest BCUT2D eigenvalue weighted by Crippen LogP contribution is 2.27. The first-order valence-electron chi connectivity index (χ1n) is 4.21. The van der Waals surface area contributed by atoms with Gasteiger partial charge in [-0.3, -0.25) is 4.79 Å². The van der Waals surface area contributed by atoms with Crippen LogP contribution in [0.25, 0.3) is 0 Å². The number of ether oxygens (including phenoxy) is 1. The van der Waals surface area contributed by atoms with Crippen LogP contribution in [0.1, 0.15) is 15.9 Å². The number of carboxylic acids is 1. The Morgan fingerprint density at radius 3 is 2.56 bits per heavy atom. The number of carboxylic acid groups (broad SMARTS) is 1. The number of carbonyl (C=O) groups is 2. The molecule has 4 nitrogen and oxygen atoms in total. The third kappa shape index (κ3) is 2.81. The van der Waals surface area contributed by atoms with Gasteiger partial charge in [0.1, 0.15) is 0 Å². The van der Waals surface area contributed by atoms with Crippen LogP contribution in [0.15, 0.2) is 16.6 Å². The Morgan fingerprint density at radius 2 is 2.12 bits per heavy atom. The van der Waals surface area contributed by atoms with Crippen LogP contribution >= 0.6 is 27.5 Å². The largest absolute Gasteiger partial charge is 0.475 e. The molecule has 0 amide bonds. The molecule has 16 heavy (non-hydrogen) atoms. The molecule has 0 heterocycles. The van der Waals surface area contributed by atoms with Gasteiger partial charge < -0.3 is 9.84 Å². The molecule has 1 N–H and O–H groups in total. The Labute approximate surface area is 105 Å². The van der Waals surface area contributed by atoms with E-state index in [-0.39, 0.29) is 12.2 Å². The normalized spacial score (nSPS) is 10.2. The van der Waals surface area contributed by atoms with Crippen molar-refractivity contribution in [3.63, 3.8) is 0 Å². The third-order valence-corrected chi connectivity index (χ3v) is 2.93. The fourth-order valence-corrected chi connectivity index (χ4v) is 2.10. The lowest BCUT2D eigenvalue weighted by Crippen LogP contribution is -2.13. The molecule has 0 saturated carbocycles. The maximum atomic E-state index is 11.2. The molecule has 0 bridgehead atoms. The Bertz CT molecular complexity index is 421. The summed E-state index contributed by atoms with van der Waals surface area (Å²) in [5.74, 6) is -2.51. The molecule has 86 valence electrons. The van der Waals surface area contributed by atoms with Crippen LogP contribution in [0.5, 0.6) is 0 Å². The van der Waals surface area contributed by atoms with Crippen LogP contribution in [0, 0.1) is 0 Å². The van der Waals surface area contributed by atoms with Gasteiger partial charge in [-0.2, -0.15) is 0 Å². The maximum Gasteiger partial charge on any atom is 0.377 e. The number of halogens is 2. The third-order valence-electron chi connectivity index (χ3n) is 1.89. The van der Waals surface area contributed by atoms with Gasteiger partial charge in [-0.05, 0) is 12.1 Å². The summed E-state index contributed by atoms with van der Waals surface area (Å²) in [4.78, 5) is 21.7. The molecule has 0 unspecified atom stereocenters. The number of aliphatic carboxylic acids is 1. The SMILES string of the molecule is COCc1c(Cl)cc(C(=O)C(=O)O)cc1Br. The lowest BCUT2D eigenvalue weighted by atomic mass is 10.1. The van der Waals surface area contributed by atoms with E-state index in [0.29, 0.717) is 15.1 Å². The van der Waals surface area contributed by atoms with Gasteiger partial charge in [-0.15, -0.1) is 0 Å². The Balaban J connectivity index is 3.19. The molecule has 0 fully saturated rings. The summed E-state index contributed by atoms with van der Waals surface area (Å²) >= 11 is 9.11. The number of rotatable bonds is 4. The second-order valence-corrected chi connectivity index (χ2v) is 4.25. The summed E-state index contributed by atoms with van der Waals surface area (Å²) in [6.45, 7) is 0.279. The highest BCUT2D eigenvalue weighted by molar-refractivity contribution is 9.10. The minimum atomic E-state index is -1.51. The van der Waals surface area contributed by atoms with Gasteiger partial charge in [0.15, 0.2) is 0 Å². The van der Waals surface area contributed by atoms with Crippen LogP contribution in [-0.2, 0) is 16.1 Å². The van der Waals surface area contributed by atoms with Gasteiger partial charge in [0.2, 0.25) is 0 Å². The van der Waals surface area contributed by atoms with Crippen molar-refractivity contribution in [1.82, 2.24) is 0 Å². The van der Waals surface area contributed by atoms with Crippen LogP contribution in [0.2, 0.25) is 5.02 Å². The van der Waals surface area contributed by atoms with Crippen LogP contribution in [0.3, 0.4) is 0 Å². The van der Waals surface area contributed by atoms with Crippen LogP contribution in [0.4, 0.5) is 0 Å². The predicted molar refractivity (Wildman–Crippen MR) is 61.8 cm³/mol. The van der Waals surface area contributed by atoms with Crippen LogP contribution < -0.4 is 0 Å². The van der Waals surface area contributed by atoms with Crippen molar-refractivity contribution in [3.05, 3.63) is 32.8 Å². The summed E-state index contributed by atoms with van der Waals surface area (Å²) in [6.07, 6.45) is 0. The zero-order valence-electron chi connectivity index (χ0n) is 8.29. The number of benzene rings is 1.